The van der Waals surface area contributed by atoms with E-state index in [-0.39, 0.29) is 36.8 Å². The summed E-state index contributed by atoms with van der Waals surface area (Å²) in [6, 6.07) is 9.43. The van der Waals surface area contributed by atoms with E-state index < -0.39 is 0 Å². The topological polar surface area (TPSA) is 59.2 Å². The molecule has 1 saturated heterocycles. The number of rotatable bonds is 2. The van der Waals surface area contributed by atoms with Gasteiger partial charge in [-0.15, -0.1) is 24.8 Å². The molecule has 1 aliphatic heterocycles. The fourth-order valence-electron chi connectivity index (χ4n) is 2.51. The molecule has 2 N–H and O–H groups in total. The second-order valence-corrected chi connectivity index (χ2v) is 5.71. The molecule has 23 heavy (non-hydrogen) atoms. The number of nitrogens with two attached hydrogens (primary N) is 1. The van der Waals surface area contributed by atoms with Gasteiger partial charge in [0.15, 0.2) is 0 Å². The van der Waals surface area contributed by atoms with Crippen LogP contribution in [0.3, 0.4) is 0 Å². The minimum Gasteiger partial charge on any atom is -0.337 e. The zero-order chi connectivity index (χ0) is 14.8. The third-order valence-corrected chi connectivity index (χ3v) is 3.93. The van der Waals surface area contributed by atoms with Crippen molar-refractivity contribution in [1.29, 1.82) is 0 Å². The van der Waals surface area contributed by atoms with Crippen LogP contribution in [0.4, 0.5) is 0 Å². The van der Waals surface area contributed by atoms with Crippen LogP contribution < -0.4 is 5.73 Å². The van der Waals surface area contributed by atoms with Gasteiger partial charge in [0.1, 0.15) is 0 Å². The molecular weight excluding hydrogens is 357 g/mol. The number of pyridine rings is 1. The Hall–Kier alpha value is -1.33. The normalized spacial score (nSPS) is 16.4. The van der Waals surface area contributed by atoms with Gasteiger partial charge in [0.2, 0.25) is 0 Å². The first-order valence-corrected chi connectivity index (χ1v) is 7.27. The van der Waals surface area contributed by atoms with Crippen molar-refractivity contribution in [2.24, 2.45) is 5.73 Å². The number of aromatic nitrogens is 1. The zero-order valence-corrected chi connectivity index (χ0v) is 14.7. The smallest absolute Gasteiger partial charge is 0.255 e. The fraction of sp³-hybridized carbons (Fsp3) is 0.250. The number of nitrogens with zero attached hydrogens (tertiary/aromatic N) is 2. The third kappa shape index (κ3) is 4.58. The predicted octanol–water partition coefficient (Wildman–Crippen LogP) is 3.42. The van der Waals surface area contributed by atoms with Gasteiger partial charge in [0, 0.05) is 42.1 Å². The summed E-state index contributed by atoms with van der Waals surface area (Å²) in [5, 5.41) is 0.685. The van der Waals surface area contributed by atoms with Gasteiger partial charge in [0.25, 0.3) is 5.91 Å². The van der Waals surface area contributed by atoms with Crippen LogP contribution >= 0.6 is 36.4 Å². The monoisotopic (exact) mass is 373 g/mol. The molecule has 0 spiro atoms. The lowest BCUT2D eigenvalue weighted by Crippen LogP contribution is -2.31. The molecule has 124 valence electrons. The molecule has 7 heteroatoms. The Morgan fingerprint density at radius 2 is 1.87 bits per heavy atom. The van der Waals surface area contributed by atoms with Crippen molar-refractivity contribution in [3.05, 3.63) is 53.3 Å². The Balaban J connectivity index is 0.00000132. The molecule has 1 aromatic carbocycles. The summed E-state index contributed by atoms with van der Waals surface area (Å²) in [5.41, 5.74) is 8.34. The molecule has 3 rings (SSSR count). The molecule has 0 radical (unpaired) electrons. The van der Waals surface area contributed by atoms with E-state index in [1.165, 1.54) is 0 Å². The quantitative estimate of drug-likeness (QED) is 0.876. The summed E-state index contributed by atoms with van der Waals surface area (Å²) in [5.74, 6) is -0.00809. The molecule has 0 saturated carbocycles. The SMILES string of the molecule is Cl.Cl.N[C@@H]1CCN(C(=O)c2cncc(-c3ccc(Cl)cc3)c2)C1. The number of amides is 1. The van der Waals surface area contributed by atoms with Crippen LogP contribution in [0.15, 0.2) is 42.7 Å². The minimum absolute atomic E-state index is 0. The molecule has 1 amide bonds. The number of carbonyl (C=O) groups is 1. The zero-order valence-electron chi connectivity index (χ0n) is 12.3. The second-order valence-electron chi connectivity index (χ2n) is 5.27. The van der Waals surface area contributed by atoms with Crippen molar-refractivity contribution >= 4 is 42.3 Å². The third-order valence-electron chi connectivity index (χ3n) is 3.67. The average Bonchev–Trinajstić information content (AvgIpc) is 2.94. The Morgan fingerprint density at radius 3 is 2.48 bits per heavy atom. The maximum atomic E-state index is 12.4. The highest BCUT2D eigenvalue weighted by Crippen LogP contribution is 2.22. The van der Waals surface area contributed by atoms with Gasteiger partial charge in [-0.2, -0.15) is 0 Å². The molecular formula is C16H18Cl3N3O. The molecule has 2 heterocycles. The first-order chi connectivity index (χ1) is 10.1. The first kappa shape index (κ1) is 19.7. The summed E-state index contributed by atoms with van der Waals surface area (Å²) < 4.78 is 0. The van der Waals surface area contributed by atoms with Crippen LogP contribution in [-0.4, -0.2) is 34.9 Å². The van der Waals surface area contributed by atoms with Gasteiger partial charge in [-0.3, -0.25) is 9.78 Å². The molecule has 0 aliphatic carbocycles. The lowest BCUT2D eigenvalue weighted by molar-refractivity contribution is 0.0790. The van der Waals surface area contributed by atoms with E-state index in [9.17, 15) is 4.79 Å². The van der Waals surface area contributed by atoms with E-state index >= 15 is 0 Å². The number of hydrogen-bond acceptors (Lipinski definition) is 3. The highest BCUT2D eigenvalue weighted by atomic mass is 35.5. The average molecular weight is 375 g/mol. The van der Waals surface area contributed by atoms with Gasteiger partial charge in [-0.05, 0) is 30.2 Å². The van der Waals surface area contributed by atoms with Crippen molar-refractivity contribution < 1.29 is 4.79 Å². The van der Waals surface area contributed by atoms with Crippen LogP contribution in [0, 0.1) is 0 Å². The number of halogens is 3. The number of benzene rings is 1. The molecule has 0 bridgehead atoms. The summed E-state index contributed by atoms with van der Waals surface area (Å²) >= 11 is 5.89. The van der Waals surface area contributed by atoms with Crippen LogP contribution in [0.25, 0.3) is 11.1 Å². The van der Waals surface area contributed by atoms with E-state index in [0.29, 0.717) is 23.7 Å². The predicted molar refractivity (Wildman–Crippen MR) is 97.7 cm³/mol. The molecule has 4 nitrogen and oxygen atoms in total. The number of hydrogen-bond donors (Lipinski definition) is 1. The fourth-order valence-corrected chi connectivity index (χ4v) is 2.64. The van der Waals surface area contributed by atoms with Gasteiger partial charge in [-0.1, -0.05) is 23.7 Å². The largest absolute Gasteiger partial charge is 0.337 e. The van der Waals surface area contributed by atoms with Crippen LogP contribution in [-0.2, 0) is 0 Å². The van der Waals surface area contributed by atoms with E-state index in [2.05, 4.69) is 4.98 Å². The molecule has 1 aliphatic rings. The van der Waals surface area contributed by atoms with Crippen LogP contribution in [0.2, 0.25) is 5.02 Å². The highest BCUT2D eigenvalue weighted by molar-refractivity contribution is 6.30. The standard InChI is InChI=1S/C16H16ClN3O.2ClH/c17-14-3-1-11(2-4-14)12-7-13(9-19-8-12)16(21)20-6-5-15(18)10-20;;/h1-4,7-9,15H,5-6,10,18H2;2*1H/t15-;;/m1../s1. The van der Waals surface area contributed by atoms with Crippen molar-refractivity contribution in [2.75, 3.05) is 13.1 Å². The molecule has 1 fully saturated rings. The summed E-state index contributed by atoms with van der Waals surface area (Å²) in [4.78, 5) is 18.4. The minimum atomic E-state index is -0.00809. The van der Waals surface area contributed by atoms with Crippen LogP contribution in [0.1, 0.15) is 16.8 Å². The van der Waals surface area contributed by atoms with Gasteiger partial charge in [0.05, 0.1) is 5.56 Å². The lowest BCUT2D eigenvalue weighted by Gasteiger charge is -2.16. The Labute approximate surface area is 152 Å². The maximum Gasteiger partial charge on any atom is 0.255 e. The molecule has 0 unspecified atom stereocenters. The summed E-state index contributed by atoms with van der Waals surface area (Å²) in [6.45, 7) is 1.33. The molecule has 2 aromatic rings. The first-order valence-electron chi connectivity index (χ1n) is 6.89. The van der Waals surface area contributed by atoms with E-state index in [0.717, 1.165) is 17.5 Å². The van der Waals surface area contributed by atoms with Gasteiger partial charge >= 0.3 is 0 Å². The Kier molecular flexibility index (Phi) is 7.29. The highest BCUT2D eigenvalue weighted by Gasteiger charge is 2.24. The van der Waals surface area contributed by atoms with E-state index in [1.54, 1.807) is 17.3 Å². The lowest BCUT2D eigenvalue weighted by atomic mass is 10.1. The number of likely N-dealkylation sites (tertiary alicyclic amines) is 1. The number of carbonyl (C=O) groups excluding carboxylic acids is 1. The van der Waals surface area contributed by atoms with Crippen molar-refractivity contribution in [1.82, 2.24) is 9.88 Å². The van der Waals surface area contributed by atoms with Crippen LogP contribution in [0.5, 0.6) is 0 Å². The van der Waals surface area contributed by atoms with E-state index in [1.807, 2.05) is 30.3 Å². The molecule has 1 aromatic heterocycles. The van der Waals surface area contributed by atoms with Gasteiger partial charge < -0.3 is 10.6 Å². The molecule has 1 atom stereocenters. The second kappa shape index (κ2) is 8.50. The maximum absolute atomic E-state index is 12.4. The van der Waals surface area contributed by atoms with Crippen molar-refractivity contribution in [2.45, 2.75) is 12.5 Å². The Morgan fingerprint density at radius 1 is 1.17 bits per heavy atom. The summed E-state index contributed by atoms with van der Waals surface area (Å²) in [7, 11) is 0. The van der Waals surface area contributed by atoms with Crippen molar-refractivity contribution in [3.8, 4) is 11.1 Å². The summed E-state index contributed by atoms with van der Waals surface area (Å²) in [6.07, 6.45) is 4.21. The van der Waals surface area contributed by atoms with Crippen molar-refractivity contribution in [3.63, 3.8) is 0 Å². The van der Waals surface area contributed by atoms with Gasteiger partial charge in [-0.25, -0.2) is 0 Å². The van der Waals surface area contributed by atoms with E-state index in [4.69, 9.17) is 17.3 Å². The Bertz CT molecular complexity index is 664.